The fourth-order valence-corrected chi connectivity index (χ4v) is 4.98. The van der Waals surface area contributed by atoms with E-state index in [-0.39, 0.29) is 4.83 Å². The van der Waals surface area contributed by atoms with Crippen LogP contribution in [0.1, 0.15) is 51.4 Å². The zero-order valence-electron chi connectivity index (χ0n) is 10.4. The van der Waals surface area contributed by atoms with E-state index < -0.39 is 5.66 Å². The second-order valence-electron chi connectivity index (χ2n) is 6.09. The molecule has 4 unspecified atom stereocenters. The van der Waals surface area contributed by atoms with E-state index in [4.69, 9.17) is 11.5 Å². The molecule has 0 aromatic carbocycles. The number of halogens is 2. The van der Waals surface area contributed by atoms with Crippen molar-refractivity contribution in [2.24, 2.45) is 23.3 Å². The highest BCUT2D eigenvalue weighted by Gasteiger charge is 2.37. The third kappa shape index (κ3) is 3.92. The van der Waals surface area contributed by atoms with Gasteiger partial charge in [-0.3, -0.25) is 0 Å². The maximum absolute atomic E-state index is 6.06. The molecule has 4 N–H and O–H groups in total. The molecular formula is C13H24Br2N2. The normalized spacial score (nSPS) is 42.4. The van der Waals surface area contributed by atoms with Gasteiger partial charge in [0, 0.05) is 9.65 Å². The molecule has 0 bridgehead atoms. The summed E-state index contributed by atoms with van der Waals surface area (Å²) in [6.07, 6.45) is 10.2. The van der Waals surface area contributed by atoms with E-state index in [1.165, 1.54) is 38.5 Å². The lowest BCUT2D eigenvalue weighted by atomic mass is 9.75. The first kappa shape index (κ1) is 14.3. The van der Waals surface area contributed by atoms with Crippen LogP contribution in [0, 0.1) is 11.8 Å². The number of hydrogen-bond acceptors (Lipinski definition) is 2. The Bertz CT molecular complexity index is 258. The molecule has 4 atom stereocenters. The third-order valence-corrected chi connectivity index (χ3v) is 6.55. The Labute approximate surface area is 122 Å². The van der Waals surface area contributed by atoms with Crippen molar-refractivity contribution in [2.75, 3.05) is 0 Å². The molecule has 0 aromatic heterocycles. The quantitative estimate of drug-likeness (QED) is 0.579. The lowest BCUT2D eigenvalue weighted by Gasteiger charge is -2.40. The summed E-state index contributed by atoms with van der Waals surface area (Å²) in [6, 6.07) is 0. The summed E-state index contributed by atoms with van der Waals surface area (Å²) in [4.78, 5) is 1.05. The molecule has 2 rings (SSSR count). The Kier molecular flexibility index (Phi) is 4.95. The van der Waals surface area contributed by atoms with Gasteiger partial charge in [-0.2, -0.15) is 0 Å². The number of rotatable bonds is 2. The molecule has 0 radical (unpaired) electrons. The van der Waals surface area contributed by atoms with Gasteiger partial charge in [0.05, 0.1) is 5.66 Å². The fourth-order valence-electron chi connectivity index (χ4n) is 3.37. The summed E-state index contributed by atoms with van der Waals surface area (Å²) in [6.45, 7) is 0. The predicted octanol–water partition coefficient (Wildman–Crippen LogP) is 3.51. The number of alkyl halides is 2. The van der Waals surface area contributed by atoms with Crippen molar-refractivity contribution < 1.29 is 0 Å². The summed E-state index contributed by atoms with van der Waals surface area (Å²) in [5.74, 6) is 1.74. The van der Waals surface area contributed by atoms with Crippen LogP contribution in [0.2, 0.25) is 0 Å². The largest absolute Gasteiger partial charge is 0.313 e. The minimum absolute atomic E-state index is 0.289. The highest BCUT2D eigenvalue weighted by molar-refractivity contribution is 9.09. The first-order chi connectivity index (χ1) is 7.97. The van der Waals surface area contributed by atoms with Crippen LogP contribution in [-0.4, -0.2) is 15.3 Å². The smallest absolute Gasteiger partial charge is 0.0765 e. The zero-order valence-corrected chi connectivity index (χ0v) is 13.5. The van der Waals surface area contributed by atoms with E-state index in [0.29, 0.717) is 0 Å². The second kappa shape index (κ2) is 5.89. The topological polar surface area (TPSA) is 52.0 Å². The summed E-state index contributed by atoms with van der Waals surface area (Å²) < 4.78 is 0. The summed E-state index contributed by atoms with van der Waals surface area (Å²) in [5.41, 5.74) is 11.6. The Morgan fingerprint density at radius 3 is 2.35 bits per heavy atom. The second-order valence-corrected chi connectivity index (χ2v) is 8.49. The number of hydrogen-bond donors (Lipinski definition) is 2. The van der Waals surface area contributed by atoms with Crippen LogP contribution >= 0.6 is 31.9 Å². The molecule has 0 spiro atoms. The van der Waals surface area contributed by atoms with Crippen LogP contribution in [0.5, 0.6) is 0 Å². The Morgan fingerprint density at radius 2 is 1.71 bits per heavy atom. The van der Waals surface area contributed by atoms with Gasteiger partial charge in [-0.1, -0.05) is 44.7 Å². The summed E-state index contributed by atoms with van der Waals surface area (Å²) >= 11 is 7.44. The SMILES string of the molecule is NC1(N)CCC(CC2CCCC(Br)C2)CC1Br. The highest BCUT2D eigenvalue weighted by atomic mass is 79.9. The fraction of sp³-hybridized carbons (Fsp3) is 1.00. The van der Waals surface area contributed by atoms with E-state index in [1.807, 2.05) is 0 Å². The van der Waals surface area contributed by atoms with Crippen molar-refractivity contribution >= 4 is 31.9 Å². The van der Waals surface area contributed by atoms with Gasteiger partial charge < -0.3 is 11.5 Å². The minimum atomic E-state index is -0.485. The first-order valence-corrected chi connectivity index (χ1v) is 8.66. The standard InChI is InChI=1S/C13H24Br2N2/c14-11-3-1-2-9(7-11)6-10-4-5-13(16,17)12(15)8-10/h9-12H,1-8,16-17H2. The van der Waals surface area contributed by atoms with Gasteiger partial charge in [0.25, 0.3) is 0 Å². The Hall–Kier alpha value is 0.880. The first-order valence-electron chi connectivity index (χ1n) is 6.83. The minimum Gasteiger partial charge on any atom is -0.313 e. The molecule has 2 aliphatic rings. The summed E-state index contributed by atoms with van der Waals surface area (Å²) in [5, 5.41) is 0. The van der Waals surface area contributed by atoms with Crippen LogP contribution in [0.15, 0.2) is 0 Å². The maximum atomic E-state index is 6.06. The van der Waals surface area contributed by atoms with Crippen molar-refractivity contribution in [3.05, 3.63) is 0 Å². The van der Waals surface area contributed by atoms with Gasteiger partial charge in [-0.15, -0.1) is 0 Å². The Morgan fingerprint density at radius 1 is 1.00 bits per heavy atom. The highest BCUT2D eigenvalue weighted by Crippen LogP contribution is 2.39. The molecule has 2 saturated carbocycles. The molecule has 2 fully saturated rings. The Balaban J connectivity index is 1.80. The van der Waals surface area contributed by atoms with Crippen LogP contribution in [-0.2, 0) is 0 Å². The molecule has 0 aliphatic heterocycles. The average molecular weight is 368 g/mol. The van der Waals surface area contributed by atoms with E-state index in [2.05, 4.69) is 31.9 Å². The van der Waals surface area contributed by atoms with Crippen molar-refractivity contribution in [3.8, 4) is 0 Å². The van der Waals surface area contributed by atoms with E-state index in [9.17, 15) is 0 Å². The lowest BCUT2D eigenvalue weighted by molar-refractivity contribution is 0.204. The van der Waals surface area contributed by atoms with E-state index in [1.54, 1.807) is 0 Å². The molecule has 0 amide bonds. The van der Waals surface area contributed by atoms with E-state index >= 15 is 0 Å². The van der Waals surface area contributed by atoms with Gasteiger partial charge in [0.15, 0.2) is 0 Å². The van der Waals surface area contributed by atoms with Crippen molar-refractivity contribution in [2.45, 2.75) is 66.7 Å². The molecule has 0 saturated heterocycles. The van der Waals surface area contributed by atoms with Crippen molar-refractivity contribution in [1.82, 2.24) is 0 Å². The lowest BCUT2D eigenvalue weighted by Crippen LogP contribution is -2.59. The van der Waals surface area contributed by atoms with E-state index in [0.717, 1.165) is 29.5 Å². The van der Waals surface area contributed by atoms with Gasteiger partial charge in [-0.05, 0) is 50.4 Å². The van der Waals surface area contributed by atoms with Gasteiger partial charge in [-0.25, -0.2) is 0 Å². The van der Waals surface area contributed by atoms with Gasteiger partial charge in [0.2, 0.25) is 0 Å². The maximum Gasteiger partial charge on any atom is 0.0765 e. The molecule has 17 heavy (non-hydrogen) atoms. The van der Waals surface area contributed by atoms with Crippen LogP contribution in [0.25, 0.3) is 0 Å². The molecule has 2 aliphatic carbocycles. The van der Waals surface area contributed by atoms with Crippen LogP contribution in [0.3, 0.4) is 0 Å². The molecule has 0 aromatic rings. The van der Waals surface area contributed by atoms with Crippen LogP contribution < -0.4 is 11.5 Å². The average Bonchev–Trinajstić information content (AvgIpc) is 2.24. The summed E-state index contributed by atoms with van der Waals surface area (Å²) in [7, 11) is 0. The molecule has 2 nitrogen and oxygen atoms in total. The molecule has 0 heterocycles. The third-order valence-electron chi connectivity index (χ3n) is 4.49. The zero-order chi connectivity index (χ0) is 12.5. The number of nitrogens with two attached hydrogens (primary N) is 2. The molecule has 100 valence electrons. The van der Waals surface area contributed by atoms with Gasteiger partial charge >= 0.3 is 0 Å². The van der Waals surface area contributed by atoms with Crippen molar-refractivity contribution in [3.63, 3.8) is 0 Å². The van der Waals surface area contributed by atoms with Gasteiger partial charge in [0.1, 0.15) is 0 Å². The molecule has 4 heteroatoms. The molecular weight excluding hydrogens is 344 g/mol. The predicted molar refractivity (Wildman–Crippen MR) is 80.5 cm³/mol. The van der Waals surface area contributed by atoms with Crippen molar-refractivity contribution in [1.29, 1.82) is 0 Å². The monoisotopic (exact) mass is 366 g/mol. The van der Waals surface area contributed by atoms with Crippen LogP contribution in [0.4, 0.5) is 0 Å².